The molecule has 0 spiro atoms. The number of phenols is 1. The first-order valence-electron chi connectivity index (χ1n) is 5.57. The number of para-hydroxylation sites is 2. The number of hydrogen-bond donors (Lipinski definition) is 4. The quantitative estimate of drug-likeness (QED) is 0.367. The number of aromatic hydroxyl groups is 1. The molecule has 0 atom stereocenters. The summed E-state index contributed by atoms with van der Waals surface area (Å²) in [4.78, 5) is 11.5. The minimum atomic E-state index is -0.507. The highest BCUT2D eigenvalue weighted by Gasteiger charge is 2.06. The number of phenolic OH excluding ortho intramolecular Hbond substituents is 1. The Morgan fingerprint density at radius 3 is 2.76 bits per heavy atom. The van der Waals surface area contributed by atoms with E-state index in [9.17, 15) is 9.90 Å². The number of carbonyl (C=O) groups is 1. The van der Waals surface area contributed by atoms with E-state index in [4.69, 9.17) is 5.41 Å². The number of carbonyl (C=O) groups excluding carboxylic acids is 1. The highest BCUT2D eigenvalue weighted by Crippen LogP contribution is 2.20. The molecule has 0 saturated heterocycles. The predicted octanol–water partition coefficient (Wildman–Crippen LogP) is 2.68. The van der Waals surface area contributed by atoms with Crippen molar-refractivity contribution in [1.29, 1.82) is 5.41 Å². The van der Waals surface area contributed by atoms with Gasteiger partial charge >= 0.3 is 6.03 Å². The number of unbranched alkanes of at least 4 members (excludes halogenated alkanes) is 1. The smallest absolute Gasteiger partial charge is 0.324 e. The average Bonchev–Trinajstić information content (AvgIpc) is 2.29. The normalized spacial score (nSPS) is 9.71. The first kappa shape index (κ1) is 13.0. The van der Waals surface area contributed by atoms with Crippen molar-refractivity contribution in [3.8, 4) is 5.75 Å². The SMILES string of the molecule is CCCCC(=N)NC(=O)Nc1ccccc1O. The lowest BCUT2D eigenvalue weighted by Gasteiger charge is -2.09. The van der Waals surface area contributed by atoms with Crippen LogP contribution in [-0.2, 0) is 0 Å². The second-order valence-electron chi connectivity index (χ2n) is 3.68. The van der Waals surface area contributed by atoms with Crippen molar-refractivity contribution in [2.45, 2.75) is 26.2 Å². The summed E-state index contributed by atoms with van der Waals surface area (Å²) in [6.07, 6.45) is 2.39. The minimum absolute atomic E-state index is 0.00254. The van der Waals surface area contributed by atoms with Gasteiger partial charge in [-0.2, -0.15) is 0 Å². The third kappa shape index (κ3) is 4.55. The van der Waals surface area contributed by atoms with Gasteiger partial charge in [-0.25, -0.2) is 4.79 Å². The van der Waals surface area contributed by atoms with E-state index in [1.54, 1.807) is 18.2 Å². The van der Waals surface area contributed by atoms with Gasteiger partial charge in [0.15, 0.2) is 0 Å². The number of nitrogens with one attached hydrogen (secondary N) is 3. The summed E-state index contributed by atoms with van der Waals surface area (Å²) in [5.41, 5.74) is 0.327. The molecule has 4 N–H and O–H groups in total. The number of amidine groups is 1. The fourth-order valence-electron chi connectivity index (χ4n) is 1.29. The van der Waals surface area contributed by atoms with Crippen molar-refractivity contribution in [3.63, 3.8) is 0 Å². The highest BCUT2D eigenvalue weighted by atomic mass is 16.3. The second kappa shape index (κ2) is 6.52. The number of hydrogen-bond acceptors (Lipinski definition) is 3. The Hall–Kier alpha value is -2.04. The first-order valence-corrected chi connectivity index (χ1v) is 5.57. The molecule has 1 rings (SSSR count). The fraction of sp³-hybridized carbons (Fsp3) is 0.333. The largest absolute Gasteiger partial charge is 0.506 e. The molecule has 5 heteroatoms. The van der Waals surface area contributed by atoms with Crippen molar-refractivity contribution >= 4 is 17.6 Å². The van der Waals surface area contributed by atoms with Crippen LogP contribution >= 0.6 is 0 Å². The number of rotatable bonds is 4. The number of amides is 2. The fourth-order valence-corrected chi connectivity index (χ4v) is 1.29. The van der Waals surface area contributed by atoms with Gasteiger partial charge in [-0.05, 0) is 18.6 Å². The summed E-state index contributed by atoms with van der Waals surface area (Å²) in [5, 5.41) is 21.8. The van der Waals surface area contributed by atoms with Crippen LogP contribution in [0.25, 0.3) is 0 Å². The minimum Gasteiger partial charge on any atom is -0.506 e. The van der Waals surface area contributed by atoms with E-state index in [1.165, 1.54) is 6.07 Å². The monoisotopic (exact) mass is 235 g/mol. The maximum atomic E-state index is 11.5. The third-order valence-electron chi connectivity index (χ3n) is 2.20. The van der Waals surface area contributed by atoms with E-state index in [2.05, 4.69) is 10.6 Å². The summed E-state index contributed by atoms with van der Waals surface area (Å²) < 4.78 is 0. The van der Waals surface area contributed by atoms with Gasteiger partial charge in [-0.3, -0.25) is 10.7 Å². The summed E-state index contributed by atoms with van der Waals surface area (Å²) in [6, 6.07) is 5.94. The molecule has 92 valence electrons. The molecular formula is C12H17N3O2. The van der Waals surface area contributed by atoms with Gasteiger partial charge in [0.05, 0.1) is 5.69 Å². The van der Waals surface area contributed by atoms with Crippen LogP contribution in [0.1, 0.15) is 26.2 Å². The van der Waals surface area contributed by atoms with Crippen LogP contribution in [0.3, 0.4) is 0 Å². The standard InChI is InChI=1S/C12H17N3O2/c1-2-3-8-11(13)15-12(17)14-9-6-4-5-7-10(9)16/h4-7,16H,2-3,8H2,1H3,(H3,13,14,15,17). The maximum Gasteiger partial charge on any atom is 0.324 e. The molecule has 0 bridgehead atoms. The summed E-state index contributed by atoms with van der Waals surface area (Å²) in [6.45, 7) is 2.02. The van der Waals surface area contributed by atoms with Crippen LogP contribution in [0.15, 0.2) is 24.3 Å². The molecule has 0 aliphatic rings. The Kier molecular flexibility index (Phi) is 5.00. The van der Waals surface area contributed by atoms with Gasteiger partial charge in [0.2, 0.25) is 0 Å². The Morgan fingerprint density at radius 2 is 2.12 bits per heavy atom. The van der Waals surface area contributed by atoms with Crippen molar-refractivity contribution < 1.29 is 9.90 Å². The van der Waals surface area contributed by atoms with Gasteiger partial charge in [-0.15, -0.1) is 0 Å². The summed E-state index contributed by atoms with van der Waals surface area (Å²) in [7, 11) is 0. The van der Waals surface area contributed by atoms with E-state index in [0.29, 0.717) is 12.1 Å². The molecule has 0 saturated carbocycles. The molecule has 1 aromatic rings. The maximum absolute atomic E-state index is 11.5. The Balaban J connectivity index is 2.45. The molecular weight excluding hydrogens is 218 g/mol. The zero-order chi connectivity index (χ0) is 12.7. The van der Waals surface area contributed by atoms with Crippen LogP contribution < -0.4 is 10.6 Å². The van der Waals surface area contributed by atoms with Crippen LogP contribution in [0.4, 0.5) is 10.5 Å². The first-order chi connectivity index (χ1) is 8.13. The molecule has 0 unspecified atom stereocenters. The lowest BCUT2D eigenvalue weighted by molar-refractivity contribution is 0.255. The van der Waals surface area contributed by atoms with E-state index < -0.39 is 6.03 Å². The van der Waals surface area contributed by atoms with Gasteiger partial charge in [-0.1, -0.05) is 25.5 Å². The van der Waals surface area contributed by atoms with E-state index >= 15 is 0 Å². The topological polar surface area (TPSA) is 85.2 Å². The molecule has 0 aliphatic carbocycles. The van der Waals surface area contributed by atoms with Gasteiger partial charge in [0.1, 0.15) is 11.6 Å². The Labute approximate surface area is 100 Å². The van der Waals surface area contributed by atoms with Crippen molar-refractivity contribution in [1.82, 2.24) is 5.32 Å². The van der Waals surface area contributed by atoms with Gasteiger partial charge < -0.3 is 10.4 Å². The molecule has 0 radical (unpaired) electrons. The summed E-state index contributed by atoms with van der Waals surface area (Å²) in [5.74, 6) is 0.183. The average molecular weight is 235 g/mol. The molecule has 0 heterocycles. The molecule has 2 amide bonds. The lowest BCUT2D eigenvalue weighted by Crippen LogP contribution is -2.33. The molecule has 0 fully saturated rings. The van der Waals surface area contributed by atoms with E-state index in [1.807, 2.05) is 6.92 Å². The number of anilines is 1. The second-order valence-corrected chi connectivity index (χ2v) is 3.68. The number of urea groups is 1. The van der Waals surface area contributed by atoms with Crippen LogP contribution in [0, 0.1) is 5.41 Å². The predicted molar refractivity (Wildman–Crippen MR) is 67.5 cm³/mol. The Bertz CT molecular complexity index is 404. The van der Waals surface area contributed by atoms with Crippen molar-refractivity contribution in [2.75, 3.05) is 5.32 Å². The number of benzene rings is 1. The molecule has 0 aromatic heterocycles. The van der Waals surface area contributed by atoms with Crippen molar-refractivity contribution in [3.05, 3.63) is 24.3 Å². The van der Waals surface area contributed by atoms with Crippen LogP contribution in [0.5, 0.6) is 5.75 Å². The molecule has 5 nitrogen and oxygen atoms in total. The lowest BCUT2D eigenvalue weighted by atomic mass is 10.2. The van der Waals surface area contributed by atoms with E-state index in [0.717, 1.165) is 12.8 Å². The van der Waals surface area contributed by atoms with E-state index in [-0.39, 0.29) is 11.6 Å². The summed E-state index contributed by atoms with van der Waals surface area (Å²) >= 11 is 0. The molecule has 1 aromatic carbocycles. The Morgan fingerprint density at radius 1 is 1.41 bits per heavy atom. The van der Waals surface area contributed by atoms with Crippen LogP contribution in [0.2, 0.25) is 0 Å². The van der Waals surface area contributed by atoms with Crippen molar-refractivity contribution in [2.24, 2.45) is 0 Å². The highest BCUT2D eigenvalue weighted by molar-refractivity contribution is 6.02. The molecule has 0 aliphatic heterocycles. The molecule has 17 heavy (non-hydrogen) atoms. The van der Waals surface area contributed by atoms with Gasteiger partial charge in [0, 0.05) is 6.42 Å². The third-order valence-corrected chi connectivity index (χ3v) is 2.20. The van der Waals surface area contributed by atoms with Crippen LogP contribution in [-0.4, -0.2) is 17.0 Å². The van der Waals surface area contributed by atoms with Gasteiger partial charge in [0.25, 0.3) is 0 Å². The zero-order valence-electron chi connectivity index (χ0n) is 9.79. The zero-order valence-corrected chi connectivity index (χ0v) is 9.79.